The van der Waals surface area contributed by atoms with Gasteiger partial charge in [0.1, 0.15) is 0 Å². The Labute approximate surface area is 159 Å². The molecule has 0 aliphatic carbocycles. The molecule has 2 aromatic carbocycles. The Hall–Kier alpha value is -2.27. The number of benzene rings is 2. The smallest absolute Gasteiger partial charge is 0.338 e. The summed E-state index contributed by atoms with van der Waals surface area (Å²) in [5, 5.41) is 2.89. The van der Waals surface area contributed by atoms with Crippen molar-refractivity contribution in [3.63, 3.8) is 0 Å². The van der Waals surface area contributed by atoms with Crippen molar-refractivity contribution in [2.75, 3.05) is 12.8 Å². The molecule has 0 unspecified atom stereocenters. The van der Waals surface area contributed by atoms with Crippen LogP contribution in [0, 0.1) is 0 Å². The number of esters is 1. The van der Waals surface area contributed by atoms with E-state index in [9.17, 15) is 9.59 Å². The van der Waals surface area contributed by atoms with Crippen LogP contribution in [-0.2, 0) is 9.53 Å². The number of carbonyl (C=O) groups excluding carboxylic acids is 2. The van der Waals surface area contributed by atoms with Crippen molar-refractivity contribution in [3.05, 3.63) is 65.7 Å². The molecule has 2 atom stereocenters. The Balaban J connectivity index is 1.87. The van der Waals surface area contributed by atoms with Gasteiger partial charge in [0.05, 0.1) is 5.56 Å². The number of hydrogen-bond donors (Lipinski definition) is 1. The lowest BCUT2D eigenvalue weighted by atomic mass is 9.96. The van der Waals surface area contributed by atoms with Gasteiger partial charge in [-0.25, -0.2) is 4.79 Å². The molecule has 4 nitrogen and oxygen atoms in total. The standard InChI is InChI=1S/C21H25NO3S/c1-4-16(17-8-6-5-7-9-17)14-22-20(23)15(2)25-21(24)18-10-12-19(26-3)13-11-18/h5-13,15-16H,4,14H2,1-3H3,(H,22,23)/t15-,16+/m1/s1. The van der Waals surface area contributed by atoms with Crippen LogP contribution in [0.25, 0.3) is 0 Å². The summed E-state index contributed by atoms with van der Waals surface area (Å²) in [4.78, 5) is 25.5. The normalized spacial score (nSPS) is 12.9. The molecule has 26 heavy (non-hydrogen) atoms. The zero-order valence-corrected chi connectivity index (χ0v) is 16.2. The van der Waals surface area contributed by atoms with E-state index < -0.39 is 12.1 Å². The van der Waals surface area contributed by atoms with Crippen molar-refractivity contribution < 1.29 is 14.3 Å². The van der Waals surface area contributed by atoms with E-state index in [2.05, 4.69) is 24.4 Å². The predicted octanol–water partition coefficient (Wildman–Crippen LogP) is 4.26. The lowest BCUT2D eigenvalue weighted by Crippen LogP contribution is -2.38. The van der Waals surface area contributed by atoms with E-state index in [0.29, 0.717) is 12.1 Å². The summed E-state index contributed by atoms with van der Waals surface area (Å²) in [5.74, 6) is -0.536. The summed E-state index contributed by atoms with van der Waals surface area (Å²) >= 11 is 1.60. The van der Waals surface area contributed by atoms with Crippen molar-refractivity contribution >= 4 is 23.6 Å². The number of nitrogens with one attached hydrogen (secondary N) is 1. The molecule has 138 valence electrons. The number of rotatable bonds is 8. The summed E-state index contributed by atoms with van der Waals surface area (Å²) in [6, 6.07) is 17.2. The molecule has 0 fully saturated rings. The van der Waals surface area contributed by atoms with E-state index in [4.69, 9.17) is 4.74 Å². The molecule has 1 amide bonds. The molecule has 1 N–H and O–H groups in total. The van der Waals surface area contributed by atoms with Gasteiger partial charge in [-0.2, -0.15) is 0 Å². The van der Waals surface area contributed by atoms with E-state index >= 15 is 0 Å². The Bertz CT molecular complexity index is 716. The second-order valence-electron chi connectivity index (χ2n) is 6.04. The third-order valence-corrected chi connectivity index (χ3v) is 5.01. The molecular formula is C21H25NO3S. The van der Waals surface area contributed by atoms with Gasteiger partial charge in [0.2, 0.25) is 0 Å². The summed E-state index contributed by atoms with van der Waals surface area (Å²) in [5.41, 5.74) is 1.63. The lowest BCUT2D eigenvalue weighted by molar-refractivity contribution is -0.129. The van der Waals surface area contributed by atoms with Crippen LogP contribution in [0.4, 0.5) is 0 Å². The molecule has 0 saturated heterocycles. The van der Waals surface area contributed by atoms with E-state index in [-0.39, 0.29) is 11.8 Å². The third-order valence-electron chi connectivity index (χ3n) is 4.27. The summed E-state index contributed by atoms with van der Waals surface area (Å²) in [7, 11) is 0. The van der Waals surface area contributed by atoms with Crippen LogP contribution in [-0.4, -0.2) is 30.8 Å². The predicted molar refractivity (Wildman–Crippen MR) is 106 cm³/mol. The van der Waals surface area contributed by atoms with Gasteiger partial charge in [-0.1, -0.05) is 37.3 Å². The number of thioether (sulfide) groups is 1. The quantitative estimate of drug-likeness (QED) is 0.556. The van der Waals surface area contributed by atoms with Gasteiger partial charge in [0.25, 0.3) is 5.91 Å². The van der Waals surface area contributed by atoms with Crippen molar-refractivity contribution in [2.24, 2.45) is 0 Å². The highest BCUT2D eigenvalue weighted by Crippen LogP contribution is 2.18. The van der Waals surface area contributed by atoms with Gasteiger partial charge in [-0.05, 0) is 49.4 Å². The van der Waals surface area contributed by atoms with E-state index in [1.807, 2.05) is 36.6 Å². The van der Waals surface area contributed by atoms with Crippen LogP contribution in [0.2, 0.25) is 0 Å². The molecular weight excluding hydrogens is 346 g/mol. The fourth-order valence-electron chi connectivity index (χ4n) is 2.60. The van der Waals surface area contributed by atoms with Gasteiger partial charge >= 0.3 is 5.97 Å². The summed E-state index contributed by atoms with van der Waals surface area (Å²) in [6.45, 7) is 4.20. The van der Waals surface area contributed by atoms with E-state index in [1.165, 1.54) is 5.56 Å². The van der Waals surface area contributed by atoms with Crippen molar-refractivity contribution in [3.8, 4) is 0 Å². The first-order valence-corrected chi connectivity index (χ1v) is 9.95. The molecule has 0 spiro atoms. The number of carbonyl (C=O) groups is 2. The van der Waals surface area contributed by atoms with Crippen molar-refractivity contribution in [1.82, 2.24) is 5.32 Å². The molecule has 0 heterocycles. The zero-order chi connectivity index (χ0) is 18.9. The fourth-order valence-corrected chi connectivity index (χ4v) is 3.01. The minimum Gasteiger partial charge on any atom is -0.449 e. The molecule has 2 aromatic rings. The van der Waals surface area contributed by atoms with Crippen molar-refractivity contribution in [1.29, 1.82) is 0 Å². The Kier molecular flexibility index (Phi) is 7.73. The number of ether oxygens (including phenoxy) is 1. The second-order valence-corrected chi connectivity index (χ2v) is 6.92. The minimum absolute atomic E-state index is 0.238. The monoisotopic (exact) mass is 371 g/mol. The van der Waals surface area contributed by atoms with Crippen LogP contribution in [0.15, 0.2) is 59.5 Å². The van der Waals surface area contributed by atoms with Gasteiger partial charge in [-0.3, -0.25) is 4.79 Å². The van der Waals surface area contributed by atoms with Crippen LogP contribution in [0.5, 0.6) is 0 Å². The van der Waals surface area contributed by atoms with Crippen LogP contribution >= 0.6 is 11.8 Å². The largest absolute Gasteiger partial charge is 0.449 e. The first kappa shape index (κ1) is 20.0. The van der Waals surface area contributed by atoms with Gasteiger partial charge in [0.15, 0.2) is 6.10 Å². The average Bonchev–Trinajstić information content (AvgIpc) is 2.69. The Morgan fingerprint density at radius 1 is 1.08 bits per heavy atom. The third kappa shape index (κ3) is 5.63. The maximum absolute atomic E-state index is 12.3. The zero-order valence-electron chi connectivity index (χ0n) is 15.4. The lowest BCUT2D eigenvalue weighted by Gasteiger charge is -2.18. The SMILES string of the molecule is CC[C@@H](CNC(=O)[C@@H](C)OC(=O)c1ccc(SC)cc1)c1ccccc1. The van der Waals surface area contributed by atoms with Crippen LogP contribution < -0.4 is 5.32 Å². The highest BCUT2D eigenvalue weighted by Gasteiger charge is 2.20. The maximum Gasteiger partial charge on any atom is 0.338 e. The minimum atomic E-state index is -0.837. The Morgan fingerprint density at radius 3 is 2.31 bits per heavy atom. The molecule has 0 bridgehead atoms. The van der Waals surface area contributed by atoms with Gasteiger partial charge in [0, 0.05) is 17.4 Å². The topological polar surface area (TPSA) is 55.4 Å². The fraction of sp³-hybridized carbons (Fsp3) is 0.333. The second kappa shape index (κ2) is 10.0. The van der Waals surface area contributed by atoms with Gasteiger partial charge in [-0.15, -0.1) is 11.8 Å². The molecule has 0 radical (unpaired) electrons. The van der Waals surface area contributed by atoms with Crippen molar-refractivity contribution in [2.45, 2.75) is 37.2 Å². The van der Waals surface area contributed by atoms with Crippen LogP contribution in [0.1, 0.15) is 42.1 Å². The first-order chi connectivity index (χ1) is 12.5. The first-order valence-electron chi connectivity index (χ1n) is 8.72. The molecule has 0 aliphatic rings. The summed E-state index contributed by atoms with van der Waals surface area (Å²) < 4.78 is 5.29. The van der Waals surface area contributed by atoms with Crippen LogP contribution in [0.3, 0.4) is 0 Å². The average molecular weight is 372 g/mol. The summed E-state index contributed by atoms with van der Waals surface area (Å²) in [6.07, 6.45) is 2.05. The number of amides is 1. The number of hydrogen-bond acceptors (Lipinski definition) is 4. The molecule has 2 rings (SSSR count). The molecule has 5 heteroatoms. The highest BCUT2D eigenvalue weighted by molar-refractivity contribution is 7.98. The Morgan fingerprint density at radius 2 is 1.73 bits per heavy atom. The van der Waals surface area contributed by atoms with Gasteiger partial charge < -0.3 is 10.1 Å². The maximum atomic E-state index is 12.3. The van der Waals surface area contributed by atoms with E-state index in [0.717, 1.165) is 11.3 Å². The molecule has 0 aliphatic heterocycles. The molecule has 0 saturated carbocycles. The van der Waals surface area contributed by atoms with E-state index in [1.54, 1.807) is 30.8 Å². The molecule has 0 aromatic heterocycles. The highest BCUT2D eigenvalue weighted by atomic mass is 32.2.